The highest BCUT2D eigenvalue weighted by atomic mass is 35.6. The zero-order chi connectivity index (χ0) is 16.5. The van der Waals surface area contributed by atoms with Gasteiger partial charge < -0.3 is 10.2 Å². The fourth-order valence-electron chi connectivity index (χ4n) is 0.500. The van der Waals surface area contributed by atoms with Gasteiger partial charge in [-0.15, -0.1) is 0 Å². The van der Waals surface area contributed by atoms with Crippen molar-refractivity contribution in [3.63, 3.8) is 0 Å². The van der Waals surface area contributed by atoms with Crippen molar-refractivity contribution in [3.8, 4) is 0 Å². The predicted octanol–water partition coefficient (Wildman–Crippen LogP) is 4.81. The van der Waals surface area contributed by atoms with Gasteiger partial charge in [-0.2, -0.15) is 13.2 Å². The van der Waals surface area contributed by atoms with Crippen molar-refractivity contribution in [3.05, 3.63) is 0 Å². The molecule has 0 atom stereocenters. The number of rotatable bonds is 3. The maximum Gasteiger partial charge on any atom is 0.490 e. The predicted molar refractivity (Wildman–Crippen MR) is 73.0 cm³/mol. The first kappa shape index (κ1) is 27.4. The smallest absolute Gasteiger partial charge is 0.475 e. The second-order valence-electron chi connectivity index (χ2n) is 2.76. The monoisotopic (exact) mass is 350 g/mol. The first-order chi connectivity index (χ1) is 8.59. The quantitative estimate of drug-likeness (QED) is 0.566. The van der Waals surface area contributed by atoms with Crippen LogP contribution in [0.25, 0.3) is 0 Å². The molecular weight excluding hydrogens is 331 g/mol. The minimum atomic E-state index is -5.08. The second kappa shape index (κ2) is 20.4. The highest BCUT2D eigenvalue weighted by Gasteiger charge is 2.38. The fourth-order valence-corrected chi connectivity index (χ4v) is 0.500. The van der Waals surface area contributed by atoms with E-state index in [1.165, 1.54) is 25.7 Å². The summed E-state index contributed by atoms with van der Waals surface area (Å²) >= 11 is 14.4. The highest BCUT2D eigenvalue weighted by Crippen LogP contribution is 2.13. The van der Waals surface area contributed by atoms with E-state index in [-0.39, 0.29) is 0 Å². The third kappa shape index (κ3) is 56.7. The zero-order valence-corrected chi connectivity index (χ0v) is 13.2. The average Bonchev–Trinajstić information content (AvgIpc) is 2.28. The van der Waals surface area contributed by atoms with Crippen molar-refractivity contribution in [2.45, 2.75) is 50.0 Å². The molecule has 0 aromatic rings. The van der Waals surface area contributed by atoms with E-state index in [0.29, 0.717) is 0 Å². The molecule has 0 bridgehead atoms. The number of carbonyl (C=O) groups is 1. The van der Waals surface area contributed by atoms with Crippen LogP contribution in [0.3, 0.4) is 0 Å². The van der Waals surface area contributed by atoms with Crippen molar-refractivity contribution in [2.75, 3.05) is 7.11 Å². The van der Waals surface area contributed by atoms with Crippen LogP contribution in [0, 0.1) is 0 Å². The summed E-state index contributed by atoms with van der Waals surface area (Å²) in [5, 5.41) is 14.1. The maximum atomic E-state index is 10.6. The first-order valence-electron chi connectivity index (χ1n) is 5.26. The number of hydrogen-bond donors (Lipinski definition) is 2. The van der Waals surface area contributed by atoms with Crippen LogP contribution >= 0.6 is 34.8 Å². The number of aliphatic carboxylic acids is 1. The van der Waals surface area contributed by atoms with Crippen LogP contribution in [0.4, 0.5) is 13.2 Å². The Morgan fingerprint density at radius 1 is 1.05 bits per heavy atom. The van der Waals surface area contributed by atoms with Gasteiger partial charge in [0.05, 0.1) is 0 Å². The van der Waals surface area contributed by atoms with Gasteiger partial charge in [0.1, 0.15) is 0 Å². The summed E-state index contributed by atoms with van der Waals surface area (Å²) in [7, 11) is 1.00. The van der Waals surface area contributed by atoms with Crippen molar-refractivity contribution in [2.24, 2.45) is 0 Å². The molecular formula is C10H20Cl3F3O3. The second-order valence-corrected chi connectivity index (χ2v) is 4.74. The molecule has 0 spiro atoms. The molecule has 0 aliphatic carbocycles. The average molecular weight is 352 g/mol. The van der Waals surface area contributed by atoms with Crippen molar-refractivity contribution in [1.29, 1.82) is 0 Å². The summed E-state index contributed by atoms with van der Waals surface area (Å²) in [6, 6.07) is 0. The summed E-state index contributed by atoms with van der Waals surface area (Å²) < 4.78 is 31.0. The molecule has 0 saturated heterocycles. The lowest BCUT2D eigenvalue weighted by molar-refractivity contribution is -0.192. The number of halogens is 6. The lowest BCUT2D eigenvalue weighted by atomic mass is 10.2. The Kier molecular flexibility index (Phi) is 29.5. The molecule has 120 valence electrons. The SMILES string of the molecule is CCCCCC.CO.ClC(Cl)Cl.O=C(O)C(F)(F)F. The Morgan fingerprint density at radius 3 is 1.26 bits per heavy atom. The Hall–Kier alpha value is 0.0900. The number of carboxylic acids is 1. The molecule has 0 aliphatic rings. The van der Waals surface area contributed by atoms with Crippen molar-refractivity contribution >= 4 is 40.8 Å². The molecule has 0 aliphatic heterocycles. The molecule has 9 heteroatoms. The molecule has 0 unspecified atom stereocenters. The van der Waals surface area contributed by atoms with Gasteiger partial charge in [0.25, 0.3) is 0 Å². The normalized spacial score (nSPS) is 9.21. The van der Waals surface area contributed by atoms with Crippen LogP contribution in [0.5, 0.6) is 0 Å². The van der Waals surface area contributed by atoms with Crippen LogP contribution in [-0.2, 0) is 4.79 Å². The molecule has 0 rings (SSSR count). The van der Waals surface area contributed by atoms with Gasteiger partial charge in [-0.25, -0.2) is 4.79 Å². The van der Waals surface area contributed by atoms with Gasteiger partial charge >= 0.3 is 12.1 Å². The molecule has 0 radical (unpaired) electrons. The number of aliphatic hydroxyl groups is 1. The summed E-state index contributed by atoms with van der Waals surface area (Å²) in [6.45, 7) is 4.46. The Labute approximate surface area is 126 Å². The first-order valence-corrected chi connectivity index (χ1v) is 6.57. The molecule has 0 fully saturated rings. The molecule has 0 saturated carbocycles. The minimum Gasteiger partial charge on any atom is -0.475 e. The summed E-state index contributed by atoms with van der Waals surface area (Å²) in [5.74, 6) is -2.76. The lowest BCUT2D eigenvalue weighted by Gasteiger charge is -1.93. The summed E-state index contributed by atoms with van der Waals surface area (Å²) in [4.78, 5) is 8.90. The van der Waals surface area contributed by atoms with E-state index in [1.54, 1.807) is 0 Å². The van der Waals surface area contributed by atoms with Gasteiger partial charge in [0.15, 0.2) is 4.30 Å². The molecule has 19 heavy (non-hydrogen) atoms. The van der Waals surface area contributed by atoms with Crippen LogP contribution in [0.15, 0.2) is 0 Å². The Morgan fingerprint density at radius 2 is 1.21 bits per heavy atom. The minimum absolute atomic E-state index is 0.750. The van der Waals surface area contributed by atoms with Crippen LogP contribution in [0.2, 0.25) is 0 Å². The van der Waals surface area contributed by atoms with Gasteiger partial charge in [-0.1, -0.05) is 74.3 Å². The maximum absolute atomic E-state index is 10.6. The topological polar surface area (TPSA) is 57.5 Å². The fraction of sp³-hybridized carbons (Fsp3) is 0.900. The Balaban J connectivity index is -0.0000000858. The van der Waals surface area contributed by atoms with Gasteiger partial charge in [-0.3, -0.25) is 0 Å². The van der Waals surface area contributed by atoms with E-state index in [4.69, 9.17) is 49.8 Å². The standard InChI is InChI=1S/C6H14.C2HF3O2.CHCl3.CH4O/c1-3-5-6-4-2;3-2(4,5)1(6)7;2-1(3)4;1-2/h3-6H2,1-2H3;(H,6,7);1H;2H,1H3. The number of unbranched alkanes of at least 4 members (excludes halogenated alkanes) is 3. The molecule has 0 aromatic heterocycles. The van der Waals surface area contributed by atoms with Gasteiger partial charge in [0, 0.05) is 7.11 Å². The molecule has 0 aromatic carbocycles. The molecule has 0 heterocycles. The van der Waals surface area contributed by atoms with Gasteiger partial charge in [0.2, 0.25) is 0 Å². The number of alkyl halides is 6. The number of hydrogen-bond acceptors (Lipinski definition) is 2. The molecule has 2 N–H and O–H groups in total. The van der Waals surface area contributed by atoms with Crippen LogP contribution in [-0.4, -0.2) is 33.8 Å². The summed E-state index contributed by atoms with van der Waals surface area (Å²) in [5.41, 5.74) is 0. The van der Waals surface area contributed by atoms with E-state index in [1.807, 2.05) is 0 Å². The van der Waals surface area contributed by atoms with E-state index in [0.717, 1.165) is 7.11 Å². The largest absolute Gasteiger partial charge is 0.490 e. The highest BCUT2D eigenvalue weighted by molar-refractivity contribution is 6.63. The van der Waals surface area contributed by atoms with E-state index >= 15 is 0 Å². The van der Waals surface area contributed by atoms with Crippen molar-refractivity contribution < 1.29 is 28.2 Å². The van der Waals surface area contributed by atoms with Crippen LogP contribution in [0.1, 0.15) is 39.5 Å². The van der Waals surface area contributed by atoms with E-state index in [9.17, 15) is 13.2 Å². The lowest BCUT2D eigenvalue weighted by Crippen LogP contribution is -2.21. The van der Waals surface area contributed by atoms with E-state index in [2.05, 4.69) is 13.8 Å². The van der Waals surface area contributed by atoms with Gasteiger partial charge in [-0.05, 0) is 0 Å². The molecule has 0 amide bonds. The van der Waals surface area contributed by atoms with Crippen molar-refractivity contribution in [1.82, 2.24) is 0 Å². The third-order valence-corrected chi connectivity index (χ3v) is 1.20. The zero-order valence-electron chi connectivity index (χ0n) is 11.0. The van der Waals surface area contributed by atoms with Crippen LogP contribution < -0.4 is 0 Å². The molecule has 3 nitrogen and oxygen atoms in total. The Bertz CT molecular complexity index is 172. The third-order valence-electron chi connectivity index (χ3n) is 1.20. The number of carboxylic acid groups (broad SMARTS) is 1. The number of aliphatic hydroxyl groups excluding tert-OH is 1. The summed E-state index contributed by atoms with van der Waals surface area (Å²) in [6.07, 6.45) is 0.453. The van der Waals surface area contributed by atoms with E-state index < -0.39 is 16.4 Å².